The number of hydrogen-bond donors (Lipinski definition) is 3. The fraction of sp³-hybridized carbons (Fsp3) is 0.471. The number of hydrogen-bond acceptors (Lipinski definition) is 4. The van der Waals surface area contributed by atoms with Crippen LogP contribution >= 0.6 is 0 Å². The number of nitrogens with one attached hydrogen (secondary N) is 3. The van der Waals surface area contributed by atoms with E-state index in [2.05, 4.69) is 16.0 Å². The Hall–Kier alpha value is -2.77. The zero-order valence-electron chi connectivity index (χ0n) is 14.7. The van der Waals surface area contributed by atoms with Gasteiger partial charge in [-0.2, -0.15) is 0 Å². The second-order valence-corrected chi connectivity index (χ2v) is 5.91. The van der Waals surface area contributed by atoms with Gasteiger partial charge in [0.2, 0.25) is 0 Å². The van der Waals surface area contributed by atoms with Crippen LogP contribution in [0.4, 0.5) is 15.3 Å². The molecule has 1 heterocycles. The molecule has 4 amide bonds. The van der Waals surface area contributed by atoms with Gasteiger partial charge in [-0.05, 0) is 37.5 Å². The van der Waals surface area contributed by atoms with Crippen LogP contribution in [0.15, 0.2) is 18.2 Å². The predicted octanol–water partition coefficient (Wildman–Crippen LogP) is 1.71. The number of carbonyl (C=O) groups excluding carboxylic acids is 3. The highest BCUT2D eigenvalue weighted by molar-refractivity contribution is 5.99. The summed E-state index contributed by atoms with van der Waals surface area (Å²) in [5.74, 6) is -0.206. The number of urea groups is 1. The van der Waals surface area contributed by atoms with E-state index >= 15 is 0 Å². The van der Waals surface area contributed by atoms with Crippen LogP contribution in [0, 0.1) is 6.92 Å². The number of amides is 4. The molecule has 8 heteroatoms. The van der Waals surface area contributed by atoms with Gasteiger partial charge in [0.15, 0.2) is 0 Å². The molecule has 0 aromatic heterocycles. The Morgan fingerprint density at radius 1 is 1.28 bits per heavy atom. The molecule has 0 unspecified atom stereocenters. The van der Waals surface area contributed by atoms with Gasteiger partial charge < -0.3 is 25.6 Å². The Morgan fingerprint density at radius 2 is 2.04 bits per heavy atom. The van der Waals surface area contributed by atoms with E-state index in [4.69, 9.17) is 4.74 Å². The molecule has 0 spiro atoms. The van der Waals surface area contributed by atoms with Crippen molar-refractivity contribution in [3.8, 4) is 0 Å². The molecule has 1 saturated heterocycles. The van der Waals surface area contributed by atoms with Crippen molar-refractivity contribution in [2.75, 3.05) is 32.6 Å². The highest BCUT2D eigenvalue weighted by atomic mass is 16.5. The van der Waals surface area contributed by atoms with Crippen molar-refractivity contribution in [1.82, 2.24) is 15.5 Å². The number of methoxy groups -OCH3 is 1. The lowest BCUT2D eigenvalue weighted by molar-refractivity contribution is 0.0962. The molecule has 1 aromatic rings. The Balaban J connectivity index is 1.98. The van der Waals surface area contributed by atoms with E-state index in [1.54, 1.807) is 37.1 Å². The molecular formula is C17H24N4O4. The van der Waals surface area contributed by atoms with E-state index in [0.717, 1.165) is 12.8 Å². The number of carbonyl (C=O) groups is 3. The fourth-order valence-corrected chi connectivity index (χ4v) is 2.89. The Bertz CT molecular complexity index is 662. The smallest absolute Gasteiger partial charge is 0.409 e. The van der Waals surface area contributed by atoms with Crippen molar-refractivity contribution in [2.45, 2.75) is 25.8 Å². The molecule has 0 saturated carbocycles. The van der Waals surface area contributed by atoms with Crippen LogP contribution in [0.5, 0.6) is 0 Å². The highest BCUT2D eigenvalue weighted by Crippen LogP contribution is 2.19. The Kier molecular flexibility index (Phi) is 6.21. The molecule has 1 fully saturated rings. The van der Waals surface area contributed by atoms with E-state index in [-0.39, 0.29) is 24.1 Å². The van der Waals surface area contributed by atoms with Crippen molar-refractivity contribution in [3.63, 3.8) is 0 Å². The lowest BCUT2D eigenvalue weighted by Crippen LogP contribution is -2.50. The summed E-state index contributed by atoms with van der Waals surface area (Å²) in [6.45, 7) is 2.82. The lowest BCUT2D eigenvalue weighted by atomic mass is 10.1. The first-order valence-corrected chi connectivity index (χ1v) is 8.18. The first kappa shape index (κ1) is 18.6. The van der Waals surface area contributed by atoms with Crippen LogP contribution < -0.4 is 16.0 Å². The number of benzene rings is 1. The number of nitrogens with zero attached hydrogens (tertiary/aromatic N) is 1. The van der Waals surface area contributed by atoms with Gasteiger partial charge in [0, 0.05) is 37.4 Å². The maximum Gasteiger partial charge on any atom is 0.409 e. The van der Waals surface area contributed by atoms with Gasteiger partial charge in [-0.25, -0.2) is 9.59 Å². The summed E-state index contributed by atoms with van der Waals surface area (Å²) in [7, 11) is 2.90. The van der Waals surface area contributed by atoms with Crippen LogP contribution in [0.3, 0.4) is 0 Å². The average Bonchev–Trinajstić information content (AvgIpc) is 2.62. The molecule has 1 aliphatic heterocycles. The quantitative estimate of drug-likeness (QED) is 0.774. The summed E-state index contributed by atoms with van der Waals surface area (Å²) in [5.41, 5.74) is 1.77. The minimum Gasteiger partial charge on any atom is -0.453 e. The maximum absolute atomic E-state index is 12.3. The average molecular weight is 348 g/mol. The van der Waals surface area contributed by atoms with Crippen LogP contribution in [0.2, 0.25) is 0 Å². The van der Waals surface area contributed by atoms with Crippen LogP contribution in [-0.2, 0) is 4.74 Å². The van der Waals surface area contributed by atoms with Gasteiger partial charge in [0.1, 0.15) is 0 Å². The van der Waals surface area contributed by atoms with Crippen molar-refractivity contribution < 1.29 is 19.1 Å². The lowest BCUT2D eigenvalue weighted by Gasteiger charge is -2.32. The third kappa shape index (κ3) is 4.62. The number of anilines is 1. The summed E-state index contributed by atoms with van der Waals surface area (Å²) in [4.78, 5) is 37.3. The first-order chi connectivity index (χ1) is 12.0. The molecule has 0 bridgehead atoms. The zero-order valence-corrected chi connectivity index (χ0v) is 14.7. The van der Waals surface area contributed by atoms with E-state index in [1.165, 1.54) is 7.11 Å². The number of likely N-dealkylation sites (tertiary alicyclic amines) is 1. The van der Waals surface area contributed by atoms with E-state index < -0.39 is 0 Å². The van der Waals surface area contributed by atoms with Crippen molar-refractivity contribution in [2.24, 2.45) is 0 Å². The van der Waals surface area contributed by atoms with Gasteiger partial charge >= 0.3 is 12.1 Å². The Labute approximate surface area is 146 Å². The predicted molar refractivity (Wildman–Crippen MR) is 93.7 cm³/mol. The molecule has 0 aliphatic carbocycles. The van der Waals surface area contributed by atoms with Gasteiger partial charge in [-0.1, -0.05) is 6.07 Å². The van der Waals surface area contributed by atoms with E-state index in [9.17, 15) is 14.4 Å². The van der Waals surface area contributed by atoms with Crippen LogP contribution in [0.1, 0.15) is 28.8 Å². The maximum atomic E-state index is 12.3. The van der Waals surface area contributed by atoms with Gasteiger partial charge in [-0.15, -0.1) is 0 Å². The molecule has 3 N–H and O–H groups in total. The zero-order chi connectivity index (χ0) is 18.4. The summed E-state index contributed by atoms with van der Waals surface area (Å²) in [5, 5.41) is 8.21. The minimum absolute atomic E-state index is 0.143. The largest absolute Gasteiger partial charge is 0.453 e. The Morgan fingerprint density at radius 3 is 2.72 bits per heavy atom. The summed E-state index contributed by atoms with van der Waals surface area (Å²) >= 11 is 0. The molecule has 25 heavy (non-hydrogen) atoms. The molecule has 1 atom stereocenters. The SMILES string of the molecule is CNC(=O)c1cccc(NC(=O)N[C@H]2CCCN(C(=O)OC)C2)c1C. The van der Waals surface area contributed by atoms with Gasteiger partial charge in [0.25, 0.3) is 5.91 Å². The number of piperidine rings is 1. The molecule has 136 valence electrons. The molecule has 8 nitrogen and oxygen atoms in total. The summed E-state index contributed by atoms with van der Waals surface area (Å²) < 4.78 is 4.72. The van der Waals surface area contributed by atoms with E-state index in [0.29, 0.717) is 29.9 Å². The number of rotatable bonds is 3. The molecule has 2 rings (SSSR count). The van der Waals surface area contributed by atoms with Crippen LogP contribution in [0.25, 0.3) is 0 Å². The third-order valence-electron chi connectivity index (χ3n) is 4.24. The first-order valence-electron chi connectivity index (χ1n) is 8.18. The van der Waals surface area contributed by atoms with Crippen molar-refractivity contribution in [1.29, 1.82) is 0 Å². The second-order valence-electron chi connectivity index (χ2n) is 5.91. The molecule has 0 radical (unpaired) electrons. The summed E-state index contributed by atoms with van der Waals surface area (Å²) in [6, 6.07) is 4.65. The van der Waals surface area contributed by atoms with Crippen molar-refractivity contribution >= 4 is 23.7 Å². The van der Waals surface area contributed by atoms with Crippen molar-refractivity contribution in [3.05, 3.63) is 29.3 Å². The minimum atomic E-state index is -0.388. The highest BCUT2D eigenvalue weighted by Gasteiger charge is 2.25. The normalized spacial score (nSPS) is 16.8. The van der Waals surface area contributed by atoms with E-state index in [1.807, 2.05) is 0 Å². The van der Waals surface area contributed by atoms with Gasteiger partial charge in [0.05, 0.1) is 7.11 Å². The van der Waals surface area contributed by atoms with Gasteiger partial charge in [-0.3, -0.25) is 4.79 Å². The summed E-state index contributed by atoms with van der Waals surface area (Å²) in [6.07, 6.45) is 1.20. The molecular weight excluding hydrogens is 324 g/mol. The fourth-order valence-electron chi connectivity index (χ4n) is 2.89. The van der Waals surface area contributed by atoms with Crippen LogP contribution in [-0.4, -0.2) is 56.2 Å². The topological polar surface area (TPSA) is 99.8 Å². The second kappa shape index (κ2) is 8.36. The third-order valence-corrected chi connectivity index (χ3v) is 4.24. The monoisotopic (exact) mass is 348 g/mol. The standard InChI is InChI=1S/C17H24N4O4/c1-11-13(15(22)18-2)7-4-8-14(11)20-16(23)19-12-6-5-9-21(10-12)17(24)25-3/h4,7-8,12H,5-6,9-10H2,1-3H3,(H,18,22)(H2,19,20,23)/t12-/m0/s1. The molecule has 1 aliphatic rings. The molecule has 1 aromatic carbocycles. The number of ether oxygens (including phenoxy) is 1.